The first-order chi connectivity index (χ1) is 12.2. The molecule has 1 unspecified atom stereocenters. The van der Waals surface area contributed by atoms with Gasteiger partial charge in [-0.15, -0.1) is 0 Å². The highest BCUT2D eigenvalue weighted by molar-refractivity contribution is 5.79. The van der Waals surface area contributed by atoms with Gasteiger partial charge in [0.05, 0.1) is 12.3 Å². The van der Waals surface area contributed by atoms with Crippen LogP contribution in [0.5, 0.6) is 0 Å². The van der Waals surface area contributed by atoms with E-state index in [2.05, 4.69) is 34.4 Å². The molecule has 0 aliphatic carbocycles. The zero-order chi connectivity index (χ0) is 18.1. The van der Waals surface area contributed by atoms with Crippen molar-refractivity contribution in [2.24, 2.45) is 4.99 Å². The fraction of sp³-hybridized carbons (Fsp3) is 0.421. The lowest BCUT2D eigenvalue weighted by Gasteiger charge is -2.28. The number of benzene rings is 1. The van der Waals surface area contributed by atoms with E-state index in [-0.39, 0.29) is 11.9 Å². The fourth-order valence-electron chi connectivity index (χ4n) is 2.80. The minimum Gasteiger partial charge on any atom is -0.468 e. The molecule has 0 radical (unpaired) electrons. The van der Waals surface area contributed by atoms with Crippen LogP contribution >= 0.6 is 0 Å². The number of nitrogens with zero attached hydrogens (tertiary/aromatic N) is 2. The van der Waals surface area contributed by atoms with Crippen molar-refractivity contribution in [1.29, 1.82) is 0 Å². The Balaban J connectivity index is 1.95. The van der Waals surface area contributed by atoms with Crippen LogP contribution in [0, 0.1) is 5.82 Å². The van der Waals surface area contributed by atoms with Crippen LogP contribution in [0.1, 0.15) is 31.2 Å². The first kappa shape index (κ1) is 19.0. The number of nitrogens with one attached hydrogen (secondary N) is 2. The molecule has 6 heteroatoms. The van der Waals surface area contributed by atoms with Crippen molar-refractivity contribution in [1.82, 2.24) is 15.5 Å². The summed E-state index contributed by atoms with van der Waals surface area (Å²) in [7, 11) is 1.72. The second-order valence-electron chi connectivity index (χ2n) is 5.69. The lowest BCUT2D eigenvalue weighted by atomic mass is 10.2. The molecule has 0 bridgehead atoms. The maximum absolute atomic E-state index is 13.3. The fourth-order valence-corrected chi connectivity index (χ4v) is 2.80. The summed E-state index contributed by atoms with van der Waals surface area (Å²) in [5.41, 5.74) is 0.870. The summed E-state index contributed by atoms with van der Waals surface area (Å²) in [5.74, 6) is 1.37. The molecule has 0 fully saturated rings. The summed E-state index contributed by atoms with van der Waals surface area (Å²) in [6, 6.07) is 10.6. The van der Waals surface area contributed by atoms with Crippen LogP contribution in [0.25, 0.3) is 0 Å². The molecule has 0 spiro atoms. The van der Waals surface area contributed by atoms with Crippen LogP contribution in [-0.4, -0.2) is 37.5 Å². The molecule has 1 heterocycles. The summed E-state index contributed by atoms with van der Waals surface area (Å²) in [6.07, 6.45) is 1.70. The van der Waals surface area contributed by atoms with Gasteiger partial charge in [0, 0.05) is 20.1 Å². The molecule has 0 aliphatic heterocycles. The van der Waals surface area contributed by atoms with Gasteiger partial charge in [-0.3, -0.25) is 9.89 Å². The van der Waals surface area contributed by atoms with Crippen molar-refractivity contribution in [3.8, 4) is 0 Å². The highest BCUT2D eigenvalue weighted by Crippen LogP contribution is 2.20. The van der Waals surface area contributed by atoms with Crippen LogP contribution < -0.4 is 10.6 Å². The third-order valence-electron chi connectivity index (χ3n) is 4.16. The molecule has 0 saturated carbocycles. The van der Waals surface area contributed by atoms with Gasteiger partial charge in [-0.2, -0.15) is 0 Å². The molecule has 2 N–H and O–H groups in total. The van der Waals surface area contributed by atoms with Gasteiger partial charge in [0.1, 0.15) is 11.6 Å². The van der Waals surface area contributed by atoms with Crippen molar-refractivity contribution in [2.45, 2.75) is 26.4 Å². The first-order valence-electron chi connectivity index (χ1n) is 8.64. The van der Waals surface area contributed by atoms with E-state index in [0.29, 0.717) is 19.0 Å². The molecule has 0 amide bonds. The van der Waals surface area contributed by atoms with E-state index in [1.165, 1.54) is 12.1 Å². The summed E-state index contributed by atoms with van der Waals surface area (Å²) in [5, 5.41) is 6.55. The number of halogens is 1. The number of guanidine groups is 1. The van der Waals surface area contributed by atoms with Gasteiger partial charge >= 0.3 is 0 Å². The Kier molecular flexibility index (Phi) is 7.47. The monoisotopic (exact) mass is 346 g/mol. The van der Waals surface area contributed by atoms with Gasteiger partial charge < -0.3 is 15.1 Å². The molecule has 1 atom stereocenters. The van der Waals surface area contributed by atoms with E-state index < -0.39 is 0 Å². The molecular weight excluding hydrogens is 319 g/mol. The minimum absolute atomic E-state index is 0.123. The first-order valence-corrected chi connectivity index (χ1v) is 8.64. The Morgan fingerprint density at radius 1 is 1.20 bits per heavy atom. The standard InChI is InChI=1S/C19H27FN4O/c1-4-24(5-2)17(18-10-7-11-25-18)14-23-19(21-3)22-13-15-8-6-9-16(20)12-15/h6-12,17H,4-5,13-14H2,1-3H3,(H2,21,22,23). The Labute approximate surface area is 148 Å². The third-order valence-corrected chi connectivity index (χ3v) is 4.16. The van der Waals surface area contributed by atoms with E-state index in [9.17, 15) is 4.39 Å². The van der Waals surface area contributed by atoms with E-state index >= 15 is 0 Å². The van der Waals surface area contributed by atoms with Crippen LogP contribution in [0.15, 0.2) is 52.1 Å². The Morgan fingerprint density at radius 3 is 2.60 bits per heavy atom. The zero-order valence-corrected chi connectivity index (χ0v) is 15.1. The van der Waals surface area contributed by atoms with Crippen LogP contribution in [-0.2, 0) is 6.54 Å². The summed E-state index contributed by atoms with van der Waals surface area (Å²) >= 11 is 0. The molecule has 2 rings (SSSR count). The molecular formula is C19H27FN4O. The minimum atomic E-state index is -0.235. The van der Waals surface area contributed by atoms with E-state index in [1.807, 2.05) is 18.2 Å². The third kappa shape index (κ3) is 5.60. The Bertz CT molecular complexity index is 653. The highest BCUT2D eigenvalue weighted by atomic mass is 19.1. The second-order valence-corrected chi connectivity index (χ2v) is 5.69. The second kappa shape index (κ2) is 9.84. The van der Waals surface area contributed by atoms with Gasteiger partial charge in [-0.1, -0.05) is 26.0 Å². The number of furan rings is 1. The number of rotatable bonds is 8. The van der Waals surface area contributed by atoms with Crippen molar-refractivity contribution in [2.75, 3.05) is 26.7 Å². The van der Waals surface area contributed by atoms with Gasteiger partial charge in [0.15, 0.2) is 5.96 Å². The molecule has 136 valence electrons. The van der Waals surface area contributed by atoms with Crippen molar-refractivity contribution in [3.63, 3.8) is 0 Å². The SMILES string of the molecule is CCN(CC)C(CNC(=NC)NCc1cccc(F)c1)c1ccco1. The topological polar surface area (TPSA) is 52.8 Å². The van der Waals surface area contributed by atoms with Crippen LogP contribution in [0.4, 0.5) is 4.39 Å². The number of hydrogen-bond acceptors (Lipinski definition) is 3. The van der Waals surface area contributed by atoms with Gasteiger partial charge in [-0.25, -0.2) is 4.39 Å². The zero-order valence-electron chi connectivity index (χ0n) is 15.1. The molecule has 0 aliphatic rings. The Hall–Kier alpha value is -2.34. The molecule has 25 heavy (non-hydrogen) atoms. The van der Waals surface area contributed by atoms with Crippen LogP contribution in [0.3, 0.4) is 0 Å². The molecule has 1 aromatic heterocycles. The maximum Gasteiger partial charge on any atom is 0.191 e. The summed E-state index contributed by atoms with van der Waals surface area (Å²) < 4.78 is 18.9. The molecule has 2 aromatic rings. The lowest BCUT2D eigenvalue weighted by molar-refractivity contribution is 0.193. The average Bonchev–Trinajstić information content (AvgIpc) is 3.15. The smallest absolute Gasteiger partial charge is 0.191 e. The number of aliphatic imine (C=N–C) groups is 1. The van der Waals surface area contributed by atoms with Gasteiger partial charge in [0.2, 0.25) is 0 Å². The average molecular weight is 346 g/mol. The normalized spacial score (nSPS) is 13.1. The highest BCUT2D eigenvalue weighted by Gasteiger charge is 2.20. The van der Waals surface area contributed by atoms with Crippen LogP contribution in [0.2, 0.25) is 0 Å². The number of likely N-dealkylation sites (N-methyl/N-ethyl adjacent to an activating group) is 1. The Morgan fingerprint density at radius 2 is 2.00 bits per heavy atom. The molecule has 1 aromatic carbocycles. The predicted octanol–water partition coefficient (Wildman–Crippen LogP) is 3.17. The largest absolute Gasteiger partial charge is 0.468 e. The molecule has 0 saturated heterocycles. The van der Waals surface area contributed by atoms with E-state index in [0.717, 1.165) is 24.4 Å². The predicted molar refractivity (Wildman–Crippen MR) is 99.0 cm³/mol. The summed E-state index contributed by atoms with van der Waals surface area (Å²) in [4.78, 5) is 6.57. The quantitative estimate of drug-likeness (QED) is 0.569. The lowest BCUT2D eigenvalue weighted by Crippen LogP contribution is -2.42. The van der Waals surface area contributed by atoms with Gasteiger partial charge in [0.25, 0.3) is 0 Å². The maximum atomic E-state index is 13.3. The van der Waals surface area contributed by atoms with E-state index in [1.54, 1.807) is 19.4 Å². The van der Waals surface area contributed by atoms with Gasteiger partial charge in [-0.05, 0) is 42.9 Å². The molecule has 5 nitrogen and oxygen atoms in total. The van der Waals surface area contributed by atoms with E-state index in [4.69, 9.17) is 4.42 Å². The van der Waals surface area contributed by atoms with Crippen molar-refractivity contribution >= 4 is 5.96 Å². The summed E-state index contributed by atoms with van der Waals surface area (Å²) in [6.45, 7) is 7.30. The number of hydrogen-bond donors (Lipinski definition) is 2. The van der Waals surface area contributed by atoms with Crippen molar-refractivity contribution < 1.29 is 8.81 Å². The van der Waals surface area contributed by atoms with Crippen molar-refractivity contribution in [3.05, 3.63) is 59.8 Å².